The number of carbonyl (C=O) groups excluding carboxylic acids is 8. The van der Waals surface area contributed by atoms with E-state index in [9.17, 15) is 86.4 Å². The average Bonchev–Trinajstić information content (AvgIpc) is 1.63. The zero-order valence-electron chi connectivity index (χ0n) is 62.8. The molecule has 2 aromatic carbocycles. The Morgan fingerprint density at radius 3 is 2.20 bits per heavy atom. The number of amides is 7. The first-order valence-corrected chi connectivity index (χ1v) is 37.7. The highest BCUT2D eigenvalue weighted by molar-refractivity contribution is 7.85. The lowest BCUT2D eigenvalue weighted by atomic mass is 9.76. The van der Waals surface area contributed by atoms with Crippen molar-refractivity contribution < 1.29 is 110 Å². The molecule has 1 aliphatic carbocycles. The summed E-state index contributed by atoms with van der Waals surface area (Å²) in [6.07, 6.45) is -10.3. The van der Waals surface area contributed by atoms with Crippen LogP contribution in [-0.2, 0) is 112 Å². The molecular weight excluding hydrogens is 1470 g/mol. The molecular formula is C73H95N13O24S. The second-order valence-corrected chi connectivity index (χ2v) is 29.0. The van der Waals surface area contributed by atoms with Crippen molar-refractivity contribution in [3.05, 3.63) is 111 Å². The van der Waals surface area contributed by atoms with Crippen LogP contribution in [0.2, 0.25) is 0 Å². The molecule has 2 aliphatic heterocycles. The number of hydrazine groups is 1. The Kier molecular flexibility index (Phi) is 28.4. The van der Waals surface area contributed by atoms with Crippen molar-refractivity contribution in [2.75, 3.05) is 85.3 Å². The summed E-state index contributed by atoms with van der Waals surface area (Å²) in [6, 6.07) is 11.9. The number of anilines is 1. The van der Waals surface area contributed by atoms with E-state index in [0.717, 1.165) is 37.4 Å². The number of aliphatic carboxylic acids is 1. The molecule has 0 spiro atoms. The minimum atomic E-state index is -4.72. The number of ketones is 1. The molecule has 9 rings (SSSR count). The first-order valence-electron chi connectivity index (χ1n) is 36.1. The molecule has 602 valence electrons. The molecule has 1 fully saturated rings. The van der Waals surface area contributed by atoms with Crippen molar-refractivity contribution in [3.8, 4) is 22.9 Å². The molecule has 6 heterocycles. The van der Waals surface area contributed by atoms with Gasteiger partial charge in [0, 0.05) is 106 Å². The maximum Gasteiger partial charge on any atom is 0.410 e. The molecule has 38 heteroatoms. The van der Waals surface area contributed by atoms with Gasteiger partial charge in [0.2, 0.25) is 35.8 Å². The smallest absolute Gasteiger partial charge is 0.410 e. The van der Waals surface area contributed by atoms with Gasteiger partial charge in [-0.2, -0.15) is 8.42 Å². The molecule has 3 aliphatic rings. The first kappa shape index (κ1) is 84.7. The molecule has 0 radical (unpaired) electrons. The molecule has 111 heavy (non-hydrogen) atoms. The van der Waals surface area contributed by atoms with Gasteiger partial charge in [-0.15, -0.1) is 0 Å². The number of ether oxygens (including phenoxy) is 6. The monoisotopic (exact) mass is 1570 g/mol. The highest BCUT2D eigenvalue weighted by Crippen LogP contribution is 2.43. The van der Waals surface area contributed by atoms with Gasteiger partial charge in [0.25, 0.3) is 15.7 Å². The van der Waals surface area contributed by atoms with E-state index in [1.165, 1.54) is 45.3 Å². The van der Waals surface area contributed by atoms with Gasteiger partial charge in [-0.05, 0) is 105 Å². The number of aliphatic hydroxyl groups excluding tert-OH is 3. The van der Waals surface area contributed by atoms with Crippen LogP contribution >= 0.6 is 0 Å². The number of likely N-dealkylation sites (N-methyl/N-ethyl adjacent to an activating group) is 2. The summed E-state index contributed by atoms with van der Waals surface area (Å²) in [5.74, 6) is -7.81. The zero-order chi connectivity index (χ0) is 80.9. The number of aromatic nitrogens is 4. The topological polar surface area (TPSA) is 499 Å². The summed E-state index contributed by atoms with van der Waals surface area (Å²) in [4.78, 5) is 147. The normalized spacial score (nSPS) is 18.8. The fourth-order valence-electron chi connectivity index (χ4n) is 13.2. The van der Waals surface area contributed by atoms with Crippen molar-refractivity contribution in [2.45, 2.75) is 154 Å². The largest absolute Gasteiger partial charge is 0.508 e. The predicted octanol–water partition coefficient (Wildman–Crippen LogP) is 0.924. The number of nitrogens with one attached hydrogen (secondary N) is 6. The second kappa shape index (κ2) is 37.2. The van der Waals surface area contributed by atoms with Crippen LogP contribution in [-0.4, -0.2) is 255 Å². The molecule has 12 N–H and O–H groups in total. The first-order chi connectivity index (χ1) is 52.7. The van der Waals surface area contributed by atoms with Gasteiger partial charge < -0.3 is 99.5 Å². The Labute approximate surface area is 637 Å². The minimum Gasteiger partial charge on any atom is -0.508 e. The Morgan fingerprint density at radius 1 is 0.802 bits per heavy atom. The number of benzene rings is 2. The lowest BCUT2D eigenvalue weighted by molar-refractivity contribution is -0.271. The predicted molar refractivity (Wildman–Crippen MR) is 396 cm³/mol. The molecule has 7 amide bonds. The van der Waals surface area contributed by atoms with Crippen LogP contribution in [0.15, 0.2) is 71.7 Å². The SMILES string of the molecule is CCc1c2c(nc3ccc(O)cc13)-c1cc3c(c(=O)n1C2)CCC(=O)[C@@]3(CC)OC(=O)N(C)CCN(C)C(=O)OCc1ccc(NC(=O)[C@H](C)NC(=O)[C@@H](NC(=O)CCOCCOCCNC(=O)[C@H](CS(=O)(=O)O)NC(=O)CCn2c(CN(C)NC)cc3cccnc32)C(C)C)c(O[C@@H]2O[C@H](C(=O)O)[C@@H](O)[C@H](O)[C@H]2O)c1. The quantitative estimate of drug-likeness (QED) is 0.0148. The van der Waals surface area contributed by atoms with Gasteiger partial charge in [0.05, 0.1) is 62.1 Å². The summed E-state index contributed by atoms with van der Waals surface area (Å²) in [7, 11) is 1.64. The number of hydrogen-bond acceptors (Lipinski definition) is 26. The molecule has 6 aromatic rings. The van der Waals surface area contributed by atoms with Gasteiger partial charge >= 0.3 is 18.2 Å². The number of aryl methyl sites for hydroxylation is 2. The summed E-state index contributed by atoms with van der Waals surface area (Å²) in [5.41, 5.74) is 6.18. The molecule has 1 saturated heterocycles. The van der Waals surface area contributed by atoms with E-state index >= 15 is 0 Å². The van der Waals surface area contributed by atoms with E-state index in [1.54, 1.807) is 62.8 Å². The molecule has 37 nitrogen and oxygen atoms in total. The third-order valence-electron chi connectivity index (χ3n) is 19.4. The van der Waals surface area contributed by atoms with E-state index in [-0.39, 0.29) is 125 Å². The standard InChI is InChI=1S/C73H95N13O24S/c1-10-45-47-33-44(87)15-18-50(47)79-59-48(45)36-86-53(59)34-49-46(68(86)97)16-19-55(88)73(49,11-2)110-72(101)83(8)26-25-82(7)71(100)107-37-41-14-17-51(54(31-41)108-70-62(93)60(91)61(92)63(109-70)69(98)99)80-65(94)40(5)77-67(96)58(39(3)4)81-57(90)21-27-105-29-30-106-28-23-76-66(95)52(38-111(102,103)104)78-56(89)20-24-85-43(35-84(9)74-6)32-42-13-12-22-75-64(42)85/h12-15,17-18,22,31-34,39-40,52,58,60-63,70,74,87,91-93H,10-11,16,19-21,23-30,35-38H2,1-9H3,(H,76,95)(H,77,96)(H,78,89)(H,80,94)(H,81,90)(H,98,99)(H,102,103,104)/t40-,52-,58-,60-,61-,62+,63-,70+,73-/m0/s1. The number of Topliss-reactive ketones (excluding diaryl/α,β-unsaturated/α-hetero) is 1. The molecule has 0 saturated carbocycles. The van der Waals surface area contributed by atoms with Gasteiger partial charge in [-0.3, -0.25) is 43.5 Å². The van der Waals surface area contributed by atoms with Crippen LogP contribution in [0.1, 0.15) is 93.8 Å². The third-order valence-corrected chi connectivity index (χ3v) is 20.1. The summed E-state index contributed by atoms with van der Waals surface area (Å²) in [5, 5.41) is 68.0. The van der Waals surface area contributed by atoms with Crippen molar-refractivity contribution in [2.24, 2.45) is 5.92 Å². The van der Waals surface area contributed by atoms with Gasteiger partial charge in [0.15, 0.2) is 17.5 Å². The van der Waals surface area contributed by atoms with Crippen molar-refractivity contribution in [3.63, 3.8) is 0 Å². The Hall–Kier alpha value is -10.3. The van der Waals surface area contributed by atoms with Gasteiger partial charge in [-0.25, -0.2) is 29.4 Å². The van der Waals surface area contributed by atoms with Crippen LogP contribution in [0, 0.1) is 5.92 Å². The molecule has 0 unspecified atom stereocenters. The van der Waals surface area contributed by atoms with Crippen LogP contribution in [0.4, 0.5) is 15.3 Å². The highest BCUT2D eigenvalue weighted by Gasteiger charge is 2.50. The second-order valence-electron chi connectivity index (χ2n) is 27.5. The lowest BCUT2D eigenvalue weighted by Crippen LogP contribution is -2.61. The van der Waals surface area contributed by atoms with Gasteiger partial charge in [0.1, 0.15) is 65.9 Å². The van der Waals surface area contributed by atoms with E-state index in [4.69, 9.17) is 33.4 Å². The Bertz CT molecular complexity index is 4650. The van der Waals surface area contributed by atoms with Crippen molar-refractivity contribution >= 4 is 91.2 Å². The Morgan fingerprint density at radius 2 is 1.51 bits per heavy atom. The van der Waals surface area contributed by atoms with E-state index in [0.29, 0.717) is 41.1 Å². The number of aromatic hydroxyl groups is 1. The van der Waals surface area contributed by atoms with Crippen molar-refractivity contribution in [1.82, 2.24) is 60.6 Å². The highest BCUT2D eigenvalue weighted by atomic mass is 32.2. The molecule has 9 atom stereocenters. The number of phenols is 1. The van der Waals surface area contributed by atoms with E-state index in [2.05, 4.69) is 37.0 Å². The summed E-state index contributed by atoms with van der Waals surface area (Å²) >= 11 is 0. The maximum atomic E-state index is 14.4. The third kappa shape index (κ3) is 20.5. The summed E-state index contributed by atoms with van der Waals surface area (Å²) in [6.45, 7) is 7.93. The number of aliphatic hydroxyl groups is 3. The number of phenolic OH excluding ortho intramolecular Hbond substituents is 1. The number of carboxylic acids is 1. The van der Waals surface area contributed by atoms with Crippen molar-refractivity contribution in [1.29, 1.82) is 0 Å². The van der Waals surface area contributed by atoms with E-state index < -0.39 is 136 Å². The van der Waals surface area contributed by atoms with Crippen LogP contribution in [0.5, 0.6) is 11.5 Å². The maximum absolute atomic E-state index is 14.4. The number of carboxylic acid groups (broad SMARTS) is 1. The number of hydrogen-bond donors (Lipinski definition) is 12. The van der Waals surface area contributed by atoms with Crippen LogP contribution in [0.3, 0.4) is 0 Å². The molecule has 0 bridgehead atoms. The minimum absolute atomic E-state index is 0.0116. The number of fused-ring (bicyclic) bond motifs is 6. The van der Waals surface area contributed by atoms with Crippen LogP contribution in [0.25, 0.3) is 33.3 Å². The fraction of sp³-hybridized carbons (Fsp3) is 0.507. The number of pyridine rings is 3. The Balaban J connectivity index is 0.739. The van der Waals surface area contributed by atoms with E-state index in [1.807, 2.05) is 35.7 Å². The number of nitrogens with zero attached hydrogens (tertiary/aromatic N) is 7. The summed E-state index contributed by atoms with van der Waals surface area (Å²) < 4.78 is 70.8. The van der Waals surface area contributed by atoms with Crippen LogP contribution < -0.4 is 42.3 Å². The lowest BCUT2D eigenvalue weighted by Gasteiger charge is -2.38. The van der Waals surface area contributed by atoms with Gasteiger partial charge in [-0.1, -0.05) is 33.8 Å². The molecule has 4 aromatic heterocycles. The zero-order valence-corrected chi connectivity index (χ0v) is 63.7. The number of carbonyl (C=O) groups is 9. The fourth-order valence-corrected chi connectivity index (χ4v) is 13.8. The number of rotatable bonds is 36. The average molecular weight is 1570 g/mol.